The summed E-state index contributed by atoms with van der Waals surface area (Å²) in [6.07, 6.45) is 2.58. The molecule has 5 nitrogen and oxygen atoms in total. The van der Waals surface area contributed by atoms with Crippen LogP contribution in [-0.2, 0) is 17.6 Å². The maximum absolute atomic E-state index is 9.85. The average molecular weight is 295 g/mol. The van der Waals surface area contributed by atoms with Gasteiger partial charge in [-0.1, -0.05) is 12.2 Å². The molecule has 3 N–H and O–H groups in total. The van der Waals surface area contributed by atoms with Crippen LogP contribution in [0.15, 0.2) is 6.07 Å². The molecule has 0 aliphatic heterocycles. The third-order valence-electron chi connectivity index (χ3n) is 3.50. The number of hydrogen-bond donors (Lipinski definition) is 2. The number of aryl methyl sites for hydroxylation is 2. The number of thiocarbonyl (C=S) groups is 1. The van der Waals surface area contributed by atoms with Crippen LogP contribution >= 0.6 is 12.2 Å². The fourth-order valence-corrected chi connectivity index (χ4v) is 2.73. The minimum Gasteiger partial charge on any atom is -0.389 e. The van der Waals surface area contributed by atoms with Crippen LogP contribution in [0.5, 0.6) is 0 Å². The summed E-state index contributed by atoms with van der Waals surface area (Å²) in [7, 11) is 3.45. The number of anilines is 1. The lowest BCUT2D eigenvalue weighted by Crippen LogP contribution is -2.34. The maximum atomic E-state index is 9.85. The number of fused-ring (bicyclic) bond motifs is 1. The number of nitrogens with zero attached hydrogens (tertiary/aromatic N) is 2. The van der Waals surface area contributed by atoms with Crippen molar-refractivity contribution in [2.45, 2.75) is 25.4 Å². The van der Waals surface area contributed by atoms with Crippen LogP contribution in [0.25, 0.3) is 0 Å². The Morgan fingerprint density at radius 1 is 1.60 bits per heavy atom. The first-order valence-electron chi connectivity index (χ1n) is 6.73. The first kappa shape index (κ1) is 15.2. The van der Waals surface area contributed by atoms with Crippen molar-refractivity contribution in [1.29, 1.82) is 0 Å². The van der Waals surface area contributed by atoms with Gasteiger partial charge in [-0.15, -0.1) is 0 Å². The molecule has 0 spiro atoms. The molecule has 0 amide bonds. The van der Waals surface area contributed by atoms with Gasteiger partial charge in [0.2, 0.25) is 0 Å². The lowest BCUT2D eigenvalue weighted by atomic mass is 10.1. The molecule has 1 aliphatic carbocycles. The second-order valence-corrected chi connectivity index (χ2v) is 5.61. The molecule has 2 rings (SSSR count). The van der Waals surface area contributed by atoms with E-state index in [1.807, 2.05) is 18.0 Å². The van der Waals surface area contributed by atoms with E-state index in [2.05, 4.69) is 0 Å². The number of likely N-dealkylation sites (N-methyl/N-ethyl adjacent to an activating group) is 1. The minimum atomic E-state index is -0.570. The van der Waals surface area contributed by atoms with Gasteiger partial charge in [-0.2, -0.15) is 0 Å². The third-order valence-corrected chi connectivity index (χ3v) is 3.72. The predicted octanol–water partition coefficient (Wildman–Crippen LogP) is 0.648. The summed E-state index contributed by atoms with van der Waals surface area (Å²) in [4.78, 5) is 6.92. The van der Waals surface area contributed by atoms with E-state index in [1.54, 1.807) is 7.11 Å². The van der Waals surface area contributed by atoms with E-state index in [0.717, 1.165) is 36.3 Å². The Morgan fingerprint density at radius 3 is 3.00 bits per heavy atom. The molecule has 110 valence electrons. The standard InChI is InChI=1S/C14H21N3O2S/c1-17(7-10(18)8-19-2)14-11(13(15)20)6-9-4-3-5-12(9)16-14/h6,10,18H,3-5,7-8H2,1-2H3,(H2,15,20). The van der Waals surface area contributed by atoms with E-state index < -0.39 is 6.10 Å². The van der Waals surface area contributed by atoms with E-state index >= 15 is 0 Å². The van der Waals surface area contributed by atoms with Crippen LogP contribution in [0.4, 0.5) is 5.82 Å². The Hall–Kier alpha value is -1.24. The highest BCUT2D eigenvalue weighted by atomic mass is 32.1. The molecule has 0 saturated carbocycles. The molecule has 1 atom stereocenters. The highest BCUT2D eigenvalue weighted by Gasteiger charge is 2.20. The lowest BCUT2D eigenvalue weighted by Gasteiger charge is -2.24. The summed E-state index contributed by atoms with van der Waals surface area (Å²) >= 11 is 5.13. The summed E-state index contributed by atoms with van der Waals surface area (Å²) in [6.45, 7) is 0.715. The molecule has 0 fully saturated rings. The van der Waals surface area contributed by atoms with Crippen molar-refractivity contribution in [3.8, 4) is 0 Å². The van der Waals surface area contributed by atoms with Crippen molar-refractivity contribution >= 4 is 23.0 Å². The molecule has 1 unspecified atom stereocenters. The summed E-state index contributed by atoms with van der Waals surface area (Å²) < 4.78 is 4.94. The largest absolute Gasteiger partial charge is 0.389 e. The molecule has 0 aromatic carbocycles. The SMILES string of the molecule is COCC(O)CN(C)c1nc2c(cc1C(N)=S)CCC2. The fourth-order valence-electron chi connectivity index (χ4n) is 2.58. The van der Waals surface area contributed by atoms with Crippen LogP contribution in [0.2, 0.25) is 0 Å². The smallest absolute Gasteiger partial charge is 0.138 e. The topological polar surface area (TPSA) is 71.6 Å². The number of pyridine rings is 1. The van der Waals surface area contributed by atoms with Gasteiger partial charge in [-0.3, -0.25) is 0 Å². The first-order valence-corrected chi connectivity index (χ1v) is 7.14. The van der Waals surface area contributed by atoms with Crippen molar-refractivity contribution in [3.63, 3.8) is 0 Å². The zero-order chi connectivity index (χ0) is 14.7. The fraction of sp³-hybridized carbons (Fsp3) is 0.571. The van der Waals surface area contributed by atoms with E-state index in [1.165, 1.54) is 5.56 Å². The number of aromatic nitrogens is 1. The van der Waals surface area contributed by atoms with Crippen LogP contribution in [-0.4, -0.2) is 48.5 Å². The Bertz CT molecular complexity index is 507. The second-order valence-electron chi connectivity index (χ2n) is 5.17. The van der Waals surface area contributed by atoms with Crippen molar-refractivity contribution in [3.05, 3.63) is 22.9 Å². The molecule has 6 heteroatoms. The minimum absolute atomic E-state index is 0.289. The molecule has 20 heavy (non-hydrogen) atoms. The second kappa shape index (κ2) is 6.47. The van der Waals surface area contributed by atoms with Crippen molar-refractivity contribution in [1.82, 2.24) is 4.98 Å². The van der Waals surface area contributed by atoms with Gasteiger partial charge >= 0.3 is 0 Å². The average Bonchev–Trinajstić information content (AvgIpc) is 2.84. The molecule has 1 aliphatic rings. The van der Waals surface area contributed by atoms with Crippen LogP contribution in [0.3, 0.4) is 0 Å². The molecule has 0 bridgehead atoms. The van der Waals surface area contributed by atoms with Crippen molar-refractivity contribution in [2.24, 2.45) is 5.73 Å². The van der Waals surface area contributed by atoms with Gasteiger partial charge < -0.3 is 20.5 Å². The Morgan fingerprint density at radius 2 is 2.35 bits per heavy atom. The number of methoxy groups -OCH3 is 1. The van der Waals surface area contributed by atoms with E-state index in [0.29, 0.717) is 11.5 Å². The summed E-state index contributed by atoms with van der Waals surface area (Å²) in [5.74, 6) is 0.744. The van der Waals surface area contributed by atoms with Gasteiger partial charge in [-0.05, 0) is 30.9 Å². The summed E-state index contributed by atoms with van der Waals surface area (Å²) in [5, 5.41) is 9.85. The third kappa shape index (κ3) is 3.26. The molecular formula is C14H21N3O2S. The number of hydrogen-bond acceptors (Lipinski definition) is 5. The molecule has 1 aromatic rings. The van der Waals surface area contributed by atoms with Gasteiger partial charge in [0.1, 0.15) is 10.8 Å². The van der Waals surface area contributed by atoms with Gasteiger partial charge in [0.15, 0.2) is 0 Å². The normalized spacial score (nSPS) is 14.9. The molecule has 1 heterocycles. The number of nitrogens with two attached hydrogens (primary N) is 1. The lowest BCUT2D eigenvalue weighted by molar-refractivity contribution is 0.0694. The molecule has 0 radical (unpaired) electrons. The van der Waals surface area contributed by atoms with E-state index in [9.17, 15) is 5.11 Å². The van der Waals surface area contributed by atoms with Crippen molar-refractivity contribution in [2.75, 3.05) is 32.2 Å². The maximum Gasteiger partial charge on any atom is 0.138 e. The summed E-state index contributed by atoms with van der Waals surface area (Å²) in [6, 6.07) is 2.05. The van der Waals surface area contributed by atoms with Gasteiger partial charge in [-0.25, -0.2) is 4.98 Å². The molecule has 0 saturated heterocycles. The number of aliphatic hydroxyl groups is 1. The zero-order valence-electron chi connectivity index (χ0n) is 11.9. The highest BCUT2D eigenvalue weighted by molar-refractivity contribution is 7.80. The molecular weight excluding hydrogens is 274 g/mol. The zero-order valence-corrected chi connectivity index (χ0v) is 12.7. The Balaban J connectivity index is 2.27. The Labute approximate surface area is 124 Å². The van der Waals surface area contributed by atoms with E-state index in [-0.39, 0.29) is 6.61 Å². The number of ether oxygens (including phenoxy) is 1. The van der Waals surface area contributed by atoms with Crippen LogP contribution < -0.4 is 10.6 Å². The quantitative estimate of drug-likeness (QED) is 0.751. The number of rotatable bonds is 6. The molecule has 1 aromatic heterocycles. The number of aliphatic hydroxyl groups excluding tert-OH is 1. The van der Waals surface area contributed by atoms with Gasteiger partial charge in [0, 0.05) is 26.4 Å². The predicted molar refractivity (Wildman–Crippen MR) is 83.3 cm³/mol. The van der Waals surface area contributed by atoms with Gasteiger partial charge in [0.05, 0.1) is 18.3 Å². The van der Waals surface area contributed by atoms with Crippen molar-refractivity contribution < 1.29 is 9.84 Å². The monoisotopic (exact) mass is 295 g/mol. The van der Waals surface area contributed by atoms with Crippen LogP contribution in [0.1, 0.15) is 23.2 Å². The Kier molecular flexibility index (Phi) is 4.91. The van der Waals surface area contributed by atoms with Crippen LogP contribution in [0, 0.1) is 0 Å². The highest BCUT2D eigenvalue weighted by Crippen LogP contribution is 2.27. The van der Waals surface area contributed by atoms with E-state index in [4.69, 9.17) is 27.7 Å². The summed E-state index contributed by atoms with van der Waals surface area (Å²) in [5.41, 5.74) is 8.96. The first-order chi connectivity index (χ1) is 9.52. The van der Waals surface area contributed by atoms with Gasteiger partial charge in [0.25, 0.3) is 0 Å².